The molecule has 0 radical (unpaired) electrons. The lowest BCUT2D eigenvalue weighted by Crippen LogP contribution is -2.57. The quantitative estimate of drug-likeness (QED) is 0.123. The number of aliphatic carboxylic acids is 2. The van der Waals surface area contributed by atoms with Crippen LogP contribution in [0.3, 0.4) is 0 Å². The minimum absolute atomic E-state index is 0.0633. The molecule has 9 N–H and O–H groups in total. The number of carboxylic acid groups (broad SMARTS) is 2. The zero-order valence-corrected chi connectivity index (χ0v) is 23.0. The fraction of sp³-hybridized carbons (Fsp3) is 0.538. The Hall–Kier alpha value is -4.20. The van der Waals surface area contributed by atoms with Crippen molar-refractivity contribution in [2.45, 2.75) is 71.1 Å². The molecule has 4 atom stereocenters. The SMILES string of the molecule is CC(C)C[C@H](NC(=O)CNC(=O)[C@@H](N)Cc1ccc(O)cc1)C(=O)N[C@@H](CC(=O)O)C(=O)N[C@H](C(=O)O)C(C)C. The van der Waals surface area contributed by atoms with Crippen LogP contribution in [0.1, 0.15) is 46.1 Å². The Bertz CT molecular complexity index is 1060. The molecule has 1 rings (SSSR count). The third-order valence-corrected chi connectivity index (χ3v) is 5.75. The van der Waals surface area contributed by atoms with Crippen LogP contribution in [0, 0.1) is 11.8 Å². The van der Waals surface area contributed by atoms with Gasteiger partial charge in [0.15, 0.2) is 0 Å². The molecule has 0 aromatic heterocycles. The lowest BCUT2D eigenvalue weighted by molar-refractivity contribution is -0.144. The number of phenolic OH excluding ortho intramolecular Hbond substituents is 1. The van der Waals surface area contributed by atoms with Gasteiger partial charge >= 0.3 is 11.9 Å². The maximum atomic E-state index is 13.0. The van der Waals surface area contributed by atoms with Crippen molar-refractivity contribution in [2.75, 3.05) is 6.54 Å². The standard InChI is InChI=1S/C26H39N5O9/c1-13(2)9-18(24(37)30-19(11-21(34)35)25(38)31-22(14(3)4)26(39)40)29-20(33)12-28-23(36)17(27)10-15-5-7-16(32)8-6-15/h5-8,13-14,17-19,22,32H,9-12,27H2,1-4H3,(H,28,36)(H,29,33)(H,30,37)(H,31,38)(H,34,35)(H,39,40)/t17-,18-,19-,22-/m0/s1. The smallest absolute Gasteiger partial charge is 0.326 e. The van der Waals surface area contributed by atoms with Gasteiger partial charge in [-0.3, -0.25) is 24.0 Å². The van der Waals surface area contributed by atoms with Crippen LogP contribution in [0.4, 0.5) is 0 Å². The molecule has 222 valence electrons. The fourth-order valence-corrected chi connectivity index (χ4v) is 3.65. The summed E-state index contributed by atoms with van der Waals surface area (Å²) in [4.78, 5) is 73.3. The highest BCUT2D eigenvalue weighted by molar-refractivity contribution is 5.95. The second-order valence-electron chi connectivity index (χ2n) is 10.2. The van der Waals surface area contributed by atoms with E-state index in [4.69, 9.17) is 5.73 Å². The summed E-state index contributed by atoms with van der Waals surface area (Å²) in [5, 5.41) is 37.3. The lowest BCUT2D eigenvalue weighted by atomic mass is 10.0. The first-order valence-electron chi connectivity index (χ1n) is 12.8. The molecule has 1 aromatic rings. The van der Waals surface area contributed by atoms with Crippen LogP contribution in [0.15, 0.2) is 24.3 Å². The van der Waals surface area contributed by atoms with Crippen molar-refractivity contribution in [1.82, 2.24) is 21.3 Å². The molecule has 0 aliphatic heterocycles. The molecule has 14 heteroatoms. The predicted octanol–water partition coefficient (Wildman–Crippen LogP) is -0.906. The van der Waals surface area contributed by atoms with E-state index in [1.165, 1.54) is 12.1 Å². The van der Waals surface area contributed by atoms with Gasteiger partial charge in [0, 0.05) is 0 Å². The van der Waals surface area contributed by atoms with Crippen molar-refractivity contribution in [3.8, 4) is 5.75 Å². The number of aromatic hydroxyl groups is 1. The second-order valence-corrected chi connectivity index (χ2v) is 10.2. The zero-order valence-electron chi connectivity index (χ0n) is 23.0. The first-order valence-corrected chi connectivity index (χ1v) is 12.8. The second kappa shape index (κ2) is 16.0. The number of phenols is 1. The minimum Gasteiger partial charge on any atom is -0.508 e. The molecular weight excluding hydrogens is 526 g/mol. The number of nitrogens with one attached hydrogen (secondary N) is 4. The molecule has 0 saturated heterocycles. The molecular formula is C26H39N5O9. The van der Waals surface area contributed by atoms with Crippen LogP contribution in [-0.2, 0) is 35.2 Å². The van der Waals surface area contributed by atoms with E-state index in [1.807, 2.05) is 0 Å². The fourth-order valence-electron chi connectivity index (χ4n) is 3.65. The van der Waals surface area contributed by atoms with Crippen LogP contribution in [0.2, 0.25) is 0 Å². The highest BCUT2D eigenvalue weighted by Gasteiger charge is 2.32. The van der Waals surface area contributed by atoms with Gasteiger partial charge in [-0.05, 0) is 42.4 Å². The van der Waals surface area contributed by atoms with E-state index < -0.39 is 78.6 Å². The zero-order chi connectivity index (χ0) is 30.6. The molecule has 0 spiro atoms. The molecule has 4 amide bonds. The van der Waals surface area contributed by atoms with Gasteiger partial charge in [-0.15, -0.1) is 0 Å². The maximum absolute atomic E-state index is 13.0. The molecule has 0 heterocycles. The molecule has 1 aromatic carbocycles. The number of hydrogen-bond donors (Lipinski definition) is 8. The lowest BCUT2D eigenvalue weighted by Gasteiger charge is -2.25. The third kappa shape index (κ3) is 12.1. The van der Waals surface area contributed by atoms with Crippen molar-refractivity contribution in [1.29, 1.82) is 0 Å². The van der Waals surface area contributed by atoms with E-state index in [1.54, 1.807) is 39.8 Å². The molecule has 0 bridgehead atoms. The number of carbonyl (C=O) groups is 6. The Morgan fingerprint density at radius 3 is 1.90 bits per heavy atom. The summed E-state index contributed by atoms with van der Waals surface area (Å²) in [6, 6.07) is 1.03. The van der Waals surface area contributed by atoms with E-state index in [0.717, 1.165) is 0 Å². The highest BCUT2D eigenvalue weighted by Crippen LogP contribution is 2.11. The molecule has 40 heavy (non-hydrogen) atoms. The summed E-state index contributed by atoms with van der Waals surface area (Å²) >= 11 is 0. The van der Waals surface area contributed by atoms with Crippen molar-refractivity contribution >= 4 is 35.6 Å². The van der Waals surface area contributed by atoms with Crippen molar-refractivity contribution < 1.29 is 44.1 Å². The van der Waals surface area contributed by atoms with E-state index in [2.05, 4.69) is 21.3 Å². The van der Waals surface area contributed by atoms with Crippen LogP contribution in [0.5, 0.6) is 5.75 Å². The van der Waals surface area contributed by atoms with Gasteiger partial charge in [0.2, 0.25) is 23.6 Å². The first kappa shape index (κ1) is 33.8. The van der Waals surface area contributed by atoms with Gasteiger partial charge in [-0.1, -0.05) is 39.8 Å². The van der Waals surface area contributed by atoms with Gasteiger partial charge in [-0.25, -0.2) is 4.79 Å². The van der Waals surface area contributed by atoms with Crippen LogP contribution in [0.25, 0.3) is 0 Å². The number of rotatable bonds is 16. The Morgan fingerprint density at radius 1 is 0.825 bits per heavy atom. The molecule has 0 aliphatic rings. The van der Waals surface area contributed by atoms with Crippen molar-refractivity contribution in [2.24, 2.45) is 17.6 Å². The van der Waals surface area contributed by atoms with Crippen LogP contribution < -0.4 is 27.0 Å². The Morgan fingerprint density at radius 2 is 1.40 bits per heavy atom. The van der Waals surface area contributed by atoms with Gasteiger partial charge in [0.1, 0.15) is 23.9 Å². The van der Waals surface area contributed by atoms with Gasteiger partial charge in [-0.2, -0.15) is 0 Å². The summed E-state index contributed by atoms with van der Waals surface area (Å²) in [5.74, 6) is -6.48. The van der Waals surface area contributed by atoms with Gasteiger partial charge in [0.25, 0.3) is 0 Å². The third-order valence-electron chi connectivity index (χ3n) is 5.75. The Labute approximate surface area is 232 Å². The molecule has 0 fully saturated rings. The summed E-state index contributed by atoms with van der Waals surface area (Å²) in [7, 11) is 0. The minimum atomic E-state index is -1.60. The maximum Gasteiger partial charge on any atom is 0.326 e. The molecule has 0 saturated carbocycles. The number of nitrogens with two attached hydrogens (primary N) is 1. The number of carbonyl (C=O) groups excluding carboxylic acids is 4. The first-order chi connectivity index (χ1) is 18.6. The number of benzene rings is 1. The monoisotopic (exact) mass is 565 g/mol. The summed E-state index contributed by atoms with van der Waals surface area (Å²) in [6.07, 6.45) is -0.547. The topological polar surface area (TPSA) is 237 Å². The van der Waals surface area contributed by atoms with E-state index in [0.29, 0.717) is 5.56 Å². The van der Waals surface area contributed by atoms with Crippen molar-refractivity contribution in [3.05, 3.63) is 29.8 Å². The highest BCUT2D eigenvalue weighted by atomic mass is 16.4. The predicted molar refractivity (Wildman–Crippen MR) is 143 cm³/mol. The normalized spacial score (nSPS) is 14.0. The largest absolute Gasteiger partial charge is 0.508 e. The average Bonchev–Trinajstić information content (AvgIpc) is 2.85. The van der Waals surface area contributed by atoms with E-state index >= 15 is 0 Å². The Kier molecular flexibility index (Phi) is 13.6. The van der Waals surface area contributed by atoms with Crippen molar-refractivity contribution in [3.63, 3.8) is 0 Å². The Balaban J connectivity index is 2.84. The molecule has 14 nitrogen and oxygen atoms in total. The summed E-state index contributed by atoms with van der Waals surface area (Å²) in [6.45, 7) is 6.15. The number of amides is 4. The van der Waals surface area contributed by atoms with Gasteiger partial charge in [0.05, 0.1) is 19.0 Å². The molecule has 0 aliphatic carbocycles. The van der Waals surface area contributed by atoms with E-state index in [9.17, 15) is 44.1 Å². The van der Waals surface area contributed by atoms with E-state index in [-0.39, 0.29) is 24.5 Å². The molecule has 0 unspecified atom stereocenters. The number of hydrogen-bond acceptors (Lipinski definition) is 8. The number of carboxylic acids is 2. The van der Waals surface area contributed by atoms with Gasteiger partial charge < -0.3 is 42.3 Å². The summed E-state index contributed by atoms with van der Waals surface area (Å²) < 4.78 is 0. The average molecular weight is 566 g/mol. The van der Waals surface area contributed by atoms with Crippen LogP contribution >= 0.6 is 0 Å². The van der Waals surface area contributed by atoms with Crippen LogP contribution in [-0.4, -0.2) is 81.6 Å². The summed E-state index contributed by atoms with van der Waals surface area (Å²) in [5.41, 5.74) is 6.59.